The van der Waals surface area contributed by atoms with Crippen molar-refractivity contribution in [2.45, 2.75) is 45.4 Å². The van der Waals surface area contributed by atoms with E-state index in [9.17, 15) is 4.79 Å². The quantitative estimate of drug-likeness (QED) is 0.702. The molecule has 1 amide bonds. The number of nitrogens with zero attached hydrogens (tertiary/aromatic N) is 5. The average Bonchev–Trinajstić information content (AvgIpc) is 3.11. The Bertz CT molecular complexity index is 1020. The van der Waals surface area contributed by atoms with Gasteiger partial charge in [0.15, 0.2) is 0 Å². The van der Waals surface area contributed by atoms with Crippen molar-refractivity contribution in [2.24, 2.45) is 13.0 Å². The molecule has 7 heteroatoms. The Balaban J connectivity index is 1.39. The van der Waals surface area contributed by atoms with Gasteiger partial charge in [0.05, 0.1) is 22.6 Å². The molecule has 156 valence electrons. The predicted octanol–water partition coefficient (Wildman–Crippen LogP) is 3.59. The lowest BCUT2D eigenvalue weighted by molar-refractivity contribution is 0.0942. The predicted molar refractivity (Wildman–Crippen MR) is 115 cm³/mol. The molecule has 3 aromatic heterocycles. The molecular weight excluding hydrogens is 376 g/mol. The lowest BCUT2D eigenvalue weighted by Crippen LogP contribution is -2.31. The monoisotopic (exact) mass is 404 g/mol. The summed E-state index contributed by atoms with van der Waals surface area (Å²) in [5, 5.41) is 7.35. The molecule has 0 unspecified atom stereocenters. The van der Waals surface area contributed by atoms with Crippen LogP contribution < -0.4 is 5.32 Å². The molecule has 0 aliphatic heterocycles. The molecule has 0 aromatic carbocycles. The van der Waals surface area contributed by atoms with Gasteiger partial charge < -0.3 is 5.32 Å². The zero-order valence-electron chi connectivity index (χ0n) is 17.8. The van der Waals surface area contributed by atoms with Gasteiger partial charge in [0.25, 0.3) is 5.91 Å². The Morgan fingerprint density at radius 3 is 2.63 bits per heavy atom. The molecular formula is C23H28N6O. The van der Waals surface area contributed by atoms with Crippen molar-refractivity contribution in [3.8, 4) is 11.3 Å². The topological polar surface area (TPSA) is 85.6 Å². The van der Waals surface area contributed by atoms with E-state index in [1.165, 1.54) is 0 Å². The van der Waals surface area contributed by atoms with E-state index in [1.807, 2.05) is 51.5 Å². The maximum absolute atomic E-state index is 12.5. The van der Waals surface area contributed by atoms with Crippen LogP contribution in [0.3, 0.4) is 0 Å². The Kier molecular flexibility index (Phi) is 5.88. The van der Waals surface area contributed by atoms with Gasteiger partial charge in [-0.15, -0.1) is 0 Å². The normalized spacial score (nSPS) is 18.9. The number of aryl methyl sites for hydroxylation is 3. The van der Waals surface area contributed by atoms with E-state index in [0.717, 1.165) is 54.2 Å². The SMILES string of the molecule is Cc1ncc(-c2ccccn2)c(C2CCC(CNC(=O)c3cn(C)nc3C)CC2)n1. The van der Waals surface area contributed by atoms with Crippen LogP contribution in [0.4, 0.5) is 0 Å². The maximum atomic E-state index is 12.5. The summed E-state index contributed by atoms with van der Waals surface area (Å²) in [5.74, 6) is 1.65. The standard InChI is InChI=1S/C23H28N6O/c1-15-20(14-29(3)28-15)23(30)26-12-17-7-9-18(10-8-17)22-19(13-25-16(2)27-22)21-6-4-5-11-24-21/h4-6,11,13-14,17-18H,7-10,12H2,1-3H3,(H,26,30). The van der Waals surface area contributed by atoms with Crippen LogP contribution in [0.5, 0.6) is 0 Å². The number of pyridine rings is 1. The Hall–Kier alpha value is -3.09. The van der Waals surface area contributed by atoms with Crippen LogP contribution in [0, 0.1) is 19.8 Å². The Morgan fingerprint density at radius 1 is 1.17 bits per heavy atom. The van der Waals surface area contributed by atoms with Crippen LogP contribution in [0.15, 0.2) is 36.8 Å². The van der Waals surface area contributed by atoms with E-state index in [4.69, 9.17) is 4.98 Å². The molecule has 4 rings (SSSR count). The van der Waals surface area contributed by atoms with E-state index in [-0.39, 0.29) is 5.91 Å². The zero-order valence-corrected chi connectivity index (χ0v) is 17.8. The number of hydrogen-bond acceptors (Lipinski definition) is 5. The summed E-state index contributed by atoms with van der Waals surface area (Å²) in [5.41, 5.74) is 4.48. The Labute approximate surface area is 177 Å². The highest BCUT2D eigenvalue weighted by molar-refractivity contribution is 5.94. The number of carbonyl (C=O) groups is 1. The molecule has 1 saturated carbocycles. The van der Waals surface area contributed by atoms with E-state index in [0.29, 0.717) is 23.9 Å². The minimum absolute atomic E-state index is 0.0356. The van der Waals surface area contributed by atoms with Gasteiger partial charge in [-0.05, 0) is 57.6 Å². The van der Waals surface area contributed by atoms with Gasteiger partial charge >= 0.3 is 0 Å². The van der Waals surface area contributed by atoms with Crippen molar-refractivity contribution < 1.29 is 4.79 Å². The summed E-state index contributed by atoms with van der Waals surface area (Å²) in [6, 6.07) is 5.93. The van der Waals surface area contributed by atoms with Gasteiger partial charge in [-0.2, -0.15) is 5.10 Å². The highest BCUT2D eigenvalue weighted by Gasteiger charge is 2.26. The van der Waals surface area contributed by atoms with Crippen LogP contribution in [-0.4, -0.2) is 37.2 Å². The van der Waals surface area contributed by atoms with Crippen molar-refractivity contribution in [1.29, 1.82) is 0 Å². The summed E-state index contributed by atoms with van der Waals surface area (Å²) in [6.07, 6.45) is 9.75. The Morgan fingerprint density at radius 2 is 1.97 bits per heavy atom. The number of amides is 1. The van der Waals surface area contributed by atoms with Crippen LogP contribution >= 0.6 is 0 Å². The van der Waals surface area contributed by atoms with Crippen molar-refractivity contribution in [2.75, 3.05) is 6.54 Å². The van der Waals surface area contributed by atoms with Gasteiger partial charge in [0.2, 0.25) is 0 Å². The highest BCUT2D eigenvalue weighted by atomic mass is 16.1. The van der Waals surface area contributed by atoms with Crippen molar-refractivity contribution in [1.82, 2.24) is 30.0 Å². The minimum Gasteiger partial charge on any atom is -0.352 e. The van der Waals surface area contributed by atoms with Crippen molar-refractivity contribution in [3.63, 3.8) is 0 Å². The third-order valence-electron chi connectivity index (χ3n) is 5.92. The third-order valence-corrected chi connectivity index (χ3v) is 5.92. The first-order valence-electron chi connectivity index (χ1n) is 10.5. The van der Waals surface area contributed by atoms with Gasteiger partial charge in [-0.3, -0.25) is 14.5 Å². The van der Waals surface area contributed by atoms with Crippen LogP contribution in [0.25, 0.3) is 11.3 Å². The molecule has 0 bridgehead atoms. The second-order valence-corrected chi connectivity index (χ2v) is 8.16. The summed E-state index contributed by atoms with van der Waals surface area (Å²) in [4.78, 5) is 26.2. The number of hydrogen-bond donors (Lipinski definition) is 1. The fourth-order valence-electron chi connectivity index (χ4n) is 4.31. The maximum Gasteiger partial charge on any atom is 0.254 e. The summed E-state index contributed by atoms with van der Waals surface area (Å²) in [6.45, 7) is 4.51. The number of aromatic nitrogens is 5. The smallest absolute Gasteiger partial charge is 0.254 e. The molecule has 0 saturated heterocycles. The molecule has 3 aromatic rings. The van der Waals surface area contributed by atoms with Crippen molar-refractivity contribution in [3.05, 3.63) is 59.6 Å². The molecule has 3 heterocycles. The largest absolute Gasteiger partial charge is 0.352 e. The number of rotatable bonds is 5. The van der Waals surface area contributed by atoms with Crippen LogP contribution in [0.1, 0.15) is 59.2 Å². The van der Waals surface area contributed by atoms with Gasteiger partial charge in [0, 0.05) is 43.7 Å². The molecule has 1 aliphatic rings. The second-order valence-electron chi connectivity index (χ2n) is 8.16. The fourth-order valence-corrected chi connectivity index (χ4v) is 4.31. The molecule has 1 N–H and O–H groups in total. The molecule has 30 heavy (non-hydrogen) atoms. The summed E-state index contributed by atoms with van der Waals surface area (Å²) in [7, 11) is 1.83. The summed E-state index contributed by atoms with van der Waals surface area (Å²) >= 11 is 0. The van der Waals surface area contributed by atoms with Crippen molar-refractivity contribution >= 4 is 5.91 Å². The molecule has 0 spiro atoms. The minimum atomic E-state index is -0.0356. The average molecular weight is 405 g/mol. The van der Waals surface area contributed by atoms with E-state index < -0.39 is 0 Å². The van der Waals surface area contributed by atoms with Gasteiger partial charge in [-0.1, -0.05) is 6.07 Å². The van der Waals surface area contributed by atoms with Crippen LogP contribution in [0.2, 0.25) is 0 Å². The first-order valence-corrected chi connectivity index (χ1v) is 10.5. The summed E-state index contributed by atoms with van der Waals surface area (Å²) < 4.78 is 1.68. The molecule has 1 aliphatic carbocycles. The zero-order chi connectivity index (χ0) is 21.1. The van der Waals surface area contributed by atoms with E-state index in [2.05, 4.69) is 20.4 Å². The van der Waals surface area contributed by atoms with E-state index >= 15 is 0 Å². The molecule has 1 fully saturated rings. The highest BCUT2D eigenvalue weighted by Crippen LogP contribution is 2.38. The molecule has 7 nitrogen and oxygen atoms in total. The number of carbonyl (C=O) groups excluding carboxylic acids is 1. The lowest BCUT2D eigenvalue weighted by Gasteiger charge is -2.29. The second kappa shape index (κ2) is 8.73. The van der Waals surface area contributed by atoms with E-state index in [1.54, 1.807) is 10.9 Å². The number of nitrogens with one attached hydrogen (secondary N) is 1. The van der Waals surface area contributed by atoms with Gasteiger partial charge in [0.1, 0.15) is 5.82 Å². The van der Waals surface area contributed by atoms with Crippen LogP contribution in [-0.2, 0) is 7.05 Å². The molecule has 0 atom stereocenters. The first kappa shape index (κ1) is 20.2. The molecule has 0 radical (unpaired) electrons. The third kappa shape index (κ3) is 4.40. The van der Waals surface area contributed by atoms with Gasteiger partial charge in [-0.25, -0.2) is 9.97 Å². The first-order chi connectivity index (χ1) is 14.5. The fraction of sp³-hybridized carbons (Fsp3) is 0.435. The lowest BCUT2D eigenvalue weighted by atomic mass is 9.79.